The summed E-state index contributed by atoms with van der Waals surface area (Å²) < 4.78 is 0. The van der Waals surface area contributed by atoms with Crippen molar-refractivity contribution in [2.75, 3.05) is 0 Å². The molecule has 0 heterocycles. The number of benzene rings is 1. The molecule has 0 radical (unpaired) electrons. The predicted octanol–water partition coefficient (Wildman–Crippen LogP) is 2.99. The summed E-state index contributed by atoms with van der Waals surface area (Å²) in [4.78, 5) is 10.9. The smallest absolute Gasteiger partial charge is 0.221 e. The first-order valence-corrected chi connectivity index (χ1v) is 5.55. The van der Waals surface area contributed by atoms with Gasteiger partial charge >= 0.3 is 0 Å². The highest BCUT2D eigenvalue weighted by atomic mass is 16.1. The maximum absolute atomic E-state index is 10.9. The molecule has 1 amide bonds. The minimum absolute atomic E-state index is 0.0868. The summed E-state index contributed by atoms with van der Waals surface area (Å²) in [6, 6.07) is 8.16. The molecule has 0 spiro atoms. The molecule has 0 fully saturated rings. The van der Waals surface area contributed by atoms with E-state index in [4.69, 9.17) is 0 Å². The molecule has 0 unspecified atom stereocenters. The van der Waals surface area contributed by atoms with Gasteiger partial charge < -0.3 is 5.32 Å². The highest BCUT2D eigenvalue weighted by Gasteiger charge is 2.02. The molecule has 0 aliphatic rings. The van der Waals surface area contributed by atoms with Crippen LogP contribution in [0.2, 0.25) is 0 Å². The summed E-state index contributed by atoms with van der Waals surface area (Å²) in [5.74, 6) is 0.570. The predicted molar refractivity (Wildman–Crippen MR) is 67.8 cm³/mol. The van der Waals surface area contributed by atoms with Crippen molar-refractivity contribution >= 4 is 11.6 Å². The van der Waals surface area contributed by atoms with Crippen molar-refractivity contribution in [3.8, 4) is 0 Å². The number of nitrogens with one attached hydrogen (secondary N) is 1. The van der Waals surface area contributed by atoms with E-state index in [1.165, 1.54) is 12.5 Å². The van der Waals surface area contributed by atoms with Crippen molar-refractivity contribution in [1.29, 1.82) is 0 Å². The minimum atomic E-state index is -0.0868. The Balaban J connectivity index is 2.71. The van der Waals surface area contributed by atoms with Gasteiger partial charge in [-0.25, -0.2) is 0 Å². The first-order chi connectivity index (χ1) is 7.49. The molecule has 0 aromatic heterocycles. The molecule has 1 aromatic rings. The van der Waals surface area contributed by atoms with E-state index in [9.17, 15) is 4.79 Å². The lowest BCUT2D eigenvalue weighted by Crippen LogP contribution is -2.17. The van der Waals surface area contributed by atoms with Gasteiger partial charge in [-0.15, -0.1) is 0 Å². The number of rotatable bonds is 4. The Morgan fingerprint density at radius 2 is 1.88 bits per heavy atom. The molecule has 86 valence electrons. The molecule has 1 rings (SSSR count). The molecule has 0 saturated carbocycles. The van der Waals surface area contributed by atoms with Crippen LogP contribution in [0.4, 0.5) is 0 Å². The van der Waals surface area contributed by atoms with Crippen LogP contribution in [0.5, 0.6) is 0 Å². The first-order valence-electron chi connectivity index (χ1n) is 5.55. The van der Waals surface area contributed by atoms with Crippen LogP contribution in [0.1, 0.15) is 31.9 Å². The molecule has 0 aliphatic carbocycles. The van der Waals surface area contributed by atoms with Crippen molar-refractivity contribution in [3.05, 3.63) is 42.0 Å². The van der Waals surface area contributed by atoms with E-state index in [1.54, 1.807) is 0 Å². The molecule has 2 nitrogen and oxygen atoms in total. The molecule has 0 bridgehead atoms. The molecule has 1 N–H and O–H groups in total. The highest BCUT2D eigenvalue weighted by Crippen LogP contribution is 2.13. The summed E-state index contributed by atoms with van der Waals surface area (Å²) in [5.41, 5.74) is 2.93. The molecule has 1 aromatic carbocycles. The monoisotopic (exact) mass is 217 g/mol. The lowest BCUT2D eigenvalue weighted by molar-refractivity contribution is -0.117. The number of amides is 1. The van der Waals surface area contributed by atoms with Crippen molar-refractivity contribution in [2.45, 2.75) is 27.2 Å². The first kappa shape index (κ1) is 12.5. The number of carbonyl (C=O) groups is 1. The number of hydrogen-bond donors (Lipinski definition) is 1. The summed E-state index contributed by atoms with van der Waals surface area (Å²) in [6.45, 7) is 9.71. The van der Waals surface area contributed by atoms with E-state index in [-0.39, 0.29) is 5.91 Å². The molecular weight excluding hydrogens is 198 g/mol. The maximum atomic E-state index is 10.9. The second-order valence-corrected chi connectivity index (χ2v) is 4.45. The van der Waals surface area contributed by atoms with Crippen LogP contribution in [0, 0.1) is 5.92 Å². The van der Waals surface area contributed by atoms with E-state index < -0.39 is 0 Å². The summed E-state index contributed by atoms with van der Waals surface area (Å²) in [6.07, 6.45) is 1.08. The van der Waals surface area contributed by atoms with E-state index in [0.29, 0.717) is 11.6 Å². The van der Waals surface area contributed by atoms with Gasteiger partial charge in [-0.05, 0) is 23.5 Å². The van der Waals surface area contributed by atoms with Crippen LogP contribution in [-0.4, -0.2) is 5.91 Å². The molecule has 2 heteroatoms. The lowest BCUT2D eigenvalue weighted by atomic mass is 10.0. The third kappa shape index (κ3) is 3.89. The largest absolute Gasteiger partial charge is 0.326 e. The zero-order valence-electron chi connectivity index (χ0n) is 10.2. The minimum Gasteiger partial charge on any atom is -0.326 e. The third-order valence-electron chi connectivity index (χ3n) is 2.27. The third-order valence-corrected chi connectivity index (χ3v) is 2.27. The fourth-order valence-electron chi connectivity index (χ4n) is 1.60. The van der Waals surface area contributed by atoms with Gasteiger partial charge in [0, 0.05) is 12.6 Å². The van der Waals surface area contributed by atoms with E-state index in [2.05, 4.69) is 37.9 Å². The Morgan fingerprint density at radius 3 is 2.31 bits per heavy atom. The topological polar surface area (TPSA) is 29.1 Å². The summed E-state index contributed by atoms with van der Waals surface area (Å²) in [5, 5.41) is 2.69. The fourth-order valence-corrected chi connectivity index (χ4v) is 1.60. The average Bonchev–Trinajstić information content (AvgIpc) is 2.16. The molecular formula is C14H19NO. The Bertz CT molecular complexity index is 376. The average molecular weight is 217 g/mol. The van der Waals surface area contributed by atoms with Crippen LogP contribution in [0.3, 0.4) is 0 Å². The molecule has 0 saturated heterocycles. The van der Waals surface area contributed by atoms with Gasteiger partial charge in [0.25, 0.3) is 0 Å². The normalized spacial score (nSPS) is 10.2. The van der Waals surface area contributed by atoms with Crippen molar-refractivity contribution in [1.82, 2.24) is 5.32 Å². The van der Waals surface area contributed by atoms with Crippen molar-refractivity contribution in [2.24, 2.45) is 5.92 Å². The molecule has 0 aliphatic heterocycles. The lowest BCUT2D eigenvalue weighted by Gasteiger charge is -2.08. The second kappa shape index (κ2) is 5.50. The Kier molecular flexibility index (Phi) is 4.29. The van der Waals surface area contributed by atoms with Gasteiger partial charge in [-0.3, -0.25) is 4.79 Å². The van der Waals surface area contributed by atoms with Crippen LogP contribution in [0.15, 0.2) is 30.8 Å². The van der Waals surface area contributed by atoms with E-state index >= 15 is 0 Å². The maximum Gasteiger partial charge on any atom is 0.221 e. The SMILES string of the molecule is C=C(NC(C)=O)c1ccc(CC(C)C)cc1. The van der Waals surface area contributed by atoms with Crippen LogP contribution in [0.25, 0.3) is 5.70 Å². The molecule has 16 heavy (non-hydrogen) atoms. The fraction of sp³-hybridized carbons (Fsp3) is 0.357. The van der Waals surface area contributed by atoms with Gasteiger partial charge in [-0.1, -0.05) is 44.7 Å². The van der Waals surface area contributed by atoms with Gasteiger partial charge in [-0.2, -0.15) is 0 Å². The van der Waals surface area contributed by atoms with Crippen LogP contribution in [-0.2, 0) is 11.2 Å². The number of carbonyl (C=O) groups excluding carboxylic acids is 1. The Morgan fingerprint density at radius 1 is 1.31 bits per heavy atom. The highest BCUT2D eigenvalue weighted by molar-refractivity contribution is 5.84. The molecule has 0 atom stereocenters. The quantitative estimate of drug-likeness (QED) is 0.825. The zero-order chi connectivity index (χ0) is 12.1. The summed E-state index contributed by atoms with van der Waals surface area (Å²) in [7, 11) is 0. The van der Waals surface area contributed by atoms with Gasteiger partial charge in [0.15, 0.2) is 0 Å². The van der Waals surface area contributed by atoms with Crippen LogP contribution >= 0.6 is 0 Å². The van der Waals surface area contributed by atoms with E-state index in [0.717, 1.165) is 12.0 Å². The number of hydrogen-bond acceptors (Lipinski definition) is 1. The van der Waals surface area contributed by atoms with E-state index in [1.807, 2.05) is 12.1 Å². The van der Waals surface area contributed by atoms with Gasteiger partial charge in [0.1, 0.15) is 0 Å². The zero-order valence-corrected chi connectivity index (χ0v) is 10.2. The van der Waals surface area contributed by atoms with Crippen LogP contribution < -0.4 is 5.32 Å². The van der Waals surface area contributed by atoms with Gasteiger partial charge in [0.05, 0.1) is 0 Å². The van der Waals surface area contributed by atoms with Crippen molar-refractivity contribution < 1.29 is 4.79 Å². The second-order valence-electron chi connectivity index (χ2n) is 4.45. The Hall–Kier alpha value is -1.57. The Labute approximate surface area is 97.4 Å². The van der Waals surface area contributed by atoms with Gasteiger partial charge in [0.2, 0.25) is 5.91 Å². The standard InChI is InChI=1S/C14H19NO/c1-10(2)9-13-5-7-14(8-6-13)11(3)15-12(4)16/h5-8,10H,3,9H2,1-2,4H3,(H,15,16). The summed E-state index contributed by atoms with van der Waals surface area (Å²) >= 11 is 0. The van der Waals surface area contributed by atoms with Crippen molar-refractivity contribution in [3.63, 3.8) is 0 Å².